The maximum atomic E-state index is 12.2. The van der Waals surface area contributed by atoms with Gasteiger partial charge in [-0.15, -0.1) is 12.4 Å². The van der Waals surface area contributed by atoms with Crippen molar-refractivity contribution in [1.82, 2.24) is 10.6 Å². The largest absolute Gasteiger partial charge is 0.350 e. The molecule has 0 bridgehead atoms. The fourth-order valence-electron chi connectivity index (χ4n) is 2.32. The number of rotatable bonds is 4. The summed E-state index contributed by atoms with van der Waals surface area (Å²) >= 11 is 0. The molecule has 4 N–H and O–H groups in total. The molecule has 1 fully saturated rings. The predicted octanol–water partition coefficient (Wildman–Crippen LogP) is 0.711. The molecule has 18 heavy (non-hydrogen) atoms. The van der Waals surface area contributed by atoms with E-state index in [9.17, 15) is 9.59 Å². The Hall–Kier alpha value is -0.810. The topological polar surface area (TPSA) is 84.2 Å². The molecule has 6 heteroatoms. The van der Waals surface area contributed by atoms with Crippen LogP contribution in [-0.2, 0) is 9.59 Å². The van der Waals surface area contributed by atoms with E-state index in [2.05, 4.69) is 10.6 Å². The highest BCUT2D eigenvalue weighted by Crippen LogP contribution is 2.28. The van der Waals surface area contributed by atoms with Crippen LogP contribution in [0.5, 0.6) is 0 Å². The third-order valence-corrected chi connectivity index (χ3v) is 3.29. The Labute approximate surface area is 115 Å². The van der Waals surface area contributed by atoms with Crippen molar-refractivity contribution in [2.24, 2.45) is 5.73 Å². The fraction of sp³-hybridized carbons (Fsp3) is 0.833. The molecule has 1 saturated carbocycles. The first-order valence-electron chi connectivity index (χ1n) is 6.30. The molecule has 0 aliphatic heterocycles. The standard InChI is InChI=1S/C12H23N3O2.ClH/c1-9(8-13)14-11(17)12(15-10(2)16)6-4-3-5-7-12;/h9H,3-8,13H2,1-2H3,(H,14,17)(H,15,16);1H/t9-;/m0./s1. The third kappa shape index (κ3) is 4.46. The summed E-state index contributed by atoms with van der Waals surface area (Å²) in [5.41, 5.74) is 4.78. The summed E-state index contributed by atoms with van der Waals surface area (Å²) in [5.74, 6) is -0.243. The molecule has 0 aromatic rings. The molecule has 0 aromatic carbocycles. The maximum absolute atomic E-state index is 12.2. The van der Waals surface area contributed by atoms with Gasteiger partial charge >= 0.3 is 0 Å². The lowest BCUT2D eigenvalue weighted by molar-refractivity contribution is -0.134. The zero-order chi connectivity index (χ0) is 12.9. The molecule has 0 heterocycles. The highest BCUT2D eigenvalue weighted by atomic mass is 35.5. The van der Waals surface area contributed by atoms with Gasteiger partial charge in [-0.05, 0) is 19.8 Å². The molecule has 106 valence electrons. The first-order valence-corrected chi connectivity index (χ1v) is 6.30. The lowest BCUT2D eigenvalue weighted by atomic mass is 9.80. The van der Waals surface area contributed by atoms with Crippen LogP contribution >= 0.6 is 12.4 Å². The van der Waals surface area contributed by atoms with Gasteiger partial charge in [0, 0.05) is 19.5 Å². The van der Waals surface area contributed by atoms with Crippen molar-refractivity contribution < 1.29 is 9.59 Å². The number of hydrogen-bond donors (Lipinski definition) is 3. The summed E-state index contributed by atoms with van der Waals surface area (Å²) in [5, 5.41) is 5.70. The van der Waals surface area contributed by atoms with E-state index in [1.165, 1.54) is 6.92 Å². The quantitative estimate of drug-likeness (QED) is 0.708. The molecule has 1 atom stereocenters. The molecule has 1 rings (SSSR count). The highest BCUT2D eigenvalue weighted by molar-refractivity contribution is 5.91. The van der Waals surface area contributed by atoms with Crippen LogP contribution in [0.1, 0.15) is 46.0 Å². The number of nitrogens with one attached hydrogen (secondary N) is 2. The Balaban J connectivity index is 0.00000289. The number of nitrogens with two attached hydrogens (primary N) is 1. The van der Waals surface area contributed by atoms with Crippen molar-refractivity contribution in [1.29, 1.82) is 0 Å². The molecule has 2 amide bonds. The monoisotopic (exact) mass is 277 g/mol. The number of halogens is 1. The molecule has 0 radical (unpaired) electrons. The van der Waals surface area contributed by atoms with Gasteiger partial charge in [0.2, 0.25) is 11.8 Å². The Morgan fingerprint density at radius 2 is 1.83 bits per heavy atom. The normalized spacial score (nSPS) is 19.3. The predicted molar refractivity (Wildman–Crippen MR) is 73.5 cm³/mol. The van der Waals surface area contributed by atoms with E-state index in [1.54, 1.807) is 0 Å². The number of amides is 2. The van der Waals surface area contributed by atoms with Gasteiger partial charge in [-0.25, -0.2) is 0 Å². The molecule has 0 spiro atoms. The van der Waals surface area contributed by atoms with Crippen LogP contribution in [0.15, 0.2) is 0 Å². The molecule has 0 unspecified atom stereocenters. The molecular weight excluding hydrogens is 254 g/mol. The Kier molecular flexibility index (Phi) is 7.25. The molecule has 0 saturated heterocycles. The zero-order valence-corrected chi connectivity index (χ0v) is 11.9. The van der Waals surface area contributed by atoms with Crippen LogP contribution in [0.2, 0.25) is 0 Å². The average Bonchev–Trinajstić information content (AvgIpc) is 2.29. The summed E-state index contributed by atoms with van der Waals surface area (Å²) in [6.45, 7) is 3.72. The smallest absolute Gasteiger partial charge is 0.246 e. The number of carbonyl (C=O) groups is 2. The SMILES string of the molecule is CC(=O)NC1(C(=O)N[C@@H](C)CN)CCCCC1.Cl. The van der Waals surface area contributed by atoms with E-state index in [4.69, 9.17) is 5.73 Å². The molecule has 1 aliphatic carbocycles. The van der Waals surface area contributed by atoms with Crippen molar-refractivity contribution in [3.05, 3.63) is 0 Å². The fourth-order valence-corrected chi connectivity index (χ4v) is 2.32. The van der Waals surface area contributed by atoms with E-state index in [-0.39, 0.29) is 30.3 Å². The maximum Gasteiger partial charge on any atom is 0.246 e. The van der Waals surface area contributed by atoms with Crippen LogP contribution in [0.4, 0.5) is 0 Å². The molecular formula is C12H24ClN3O2. The van der Waals surface area contributed by atoms with Crippen LogP contribution < -0.4 is 16.4 Å². The first-order chi connectivity index (χ1) is 8.00. The third-order valence-electron chi connectivity index (χ3n) is 3.29. The van der Waals surface area contributed by atoms with Crippen molar-refractivity contribution in [3.8, 4) is 0 Å². The van der Waals surface area contributed by atoms with E-state index in [1.807, 2.05) is 6.92 Å². The number of hydrogen-bond acceptors (Lipinski definition) is 3. The lowest BCUT2D eigenvalue weighted by Gasteiger charge is -2.37. The highest BCUT2D eigenvalue weighted by Gasteiger charge is 2.40. The summed E-state index contributed by atoms with van der Waals surface area (Å²) in [7, 11) is 0. The van der Waals surface area contributed by atoms with Crippen molar-refractivity contribution in [3.63, 3.8) is 0 Å². The number of carbonyl (C=O) groups excluding carboxylic acids is 2. The minimum Gasteiger partial charge on any atom is -0.350 e. The minimum absolute atomic E-state index is 0. The summed E-state index contributed by atoms with van der Waals surface area (Å²) in [4.78, 5) is 23.5. The first kappa shape index (κ1) is 17.2. The Morgan fingerprint density at radius 1 is 1.28 bits per heavy atom. The average molecular weight is 278 g/mol. The second-order valence-electron chi connectivity index (χ2n) is 4.93. The Morgan fingerprint density at radius 3 is 2.28 bits per heavy atom. The van der Waals surface area contributed by atoms with Crippen LogP contribution in [-0.4, -0.2) is 29.9 Å². The van der Waals surface area contributed by atoms with E-state index in [0.29, 0.717) is 6.54 Å². The van der Waals surface area contributed by atoms with Gasteiger partial charge in [-0.2, -0.15) is 0 Å². The second kappa shape index (κ2) is 7.59. The molecule has 0 aromatic heterocycles. The van der Waals surface area contributed by atoms with Crippen LogP contribution in [0, 0.1) is 0 Å². The lowest BCUT2D eigenvalue weighted by Crippen LogP contribution is -2.61. The van der Waals surface area contributed by atoms with E-state index >= 15 is 0 Å². The van der Waals surface area contributed by atoms with Crippen molar-refractivity contribution >= 4 is 24.2 Å². The van der Waals surface area contributed by atoms with Gasteiger partial charge in [0.1, 0.15) is 5.54 Å². The Bertz CT molecular complexity index is 291. The van der Waals surface area contributed by atoms with Gasteiger partial charge < -0.3 is 16.4 Å². The van der Waals surface area contributed by atoms with Gasteiger partial charge in [0.15, 0.2) is 0 Å². The van der Waals surface area contributed by atoms with Gasteiger partial charge in [0.05, 0.1) is 0 Å². The zero-order valence-electron chi connectivity index (χ0n) is 11.1. The van der Waals surface area contributed by atoms with Crippen LogP contribution in [0.3, 0.4) is 0 Å². The minimum atomic E-state index is -0.715. The van der Waals surface area contributed by atoms with E-state index in [0.717, 1.165) is 32.1 Å². The van der Waals surface area contributed by atoms with Gasteiger partial charge in [-0.3, -0.25) is 9.59 Å². The van der Waals surface area contributed by atoms with Gasteiger partial charge in [-0.1, -0.05) is 19.3 Å². The van der Waals surface area contributed by atoms with Crippen LogP contribution in [0.25, 0.3) is 0 Å². The summed E-state index contributed by atoms with van der Waals surface area (Å²) < 4.78 is 0. The van der Waals surface area contributed by atoms with Crippen molar-refractivity contribution in [2.75, 3.05) is 6.54 Å². The summed E-state index contributed by atoms with van der Waals surface area (Å²) in [6, 6.07) is -0.0601. The van der Waals surface area contributed by atoms with E-state index < -0.39 is 5.54 Å². The second-order valence-corrected chi connectivity index (χ2v) is 4.93. The molecule has 1 aliphatic rings. The van der Waals surface area contributed by atoms with Crippen molar-refractivity contribution in [2.45, 2.75) is 57.5 Å². The summed E-state index contributed by atoms with van der Waals surface area (Å²) in [6.07, 6.45) is 4.52. The molecule has 5 nitrogen and oxygen atoms in total. The van der Waals surface area contributed by atoms with Gasteiger partial charge in [0.25, 0.3) is 0 Å².